The number of ether oxygens (including phenoxy) is 1. The maximum atomic E-state index is 12.5. The zero-order valence-corrected chi connectivity index (χ0v) is 17.0. The highest BCUT2D eigenvalue weighted by atomic mass is 79.9. The van der Waals surface area contributed by atoms with Gasteiger partial charge in [0, 0.05) is 15.7 Å². The maximum absolute atomic E-state index is 12.5. The Morgan fingerprint density at radius 2 is 2.00 bits per heavy atom. The molecule has 1 aromatic heterocycles. The molecule has 1 heterocycles. The molecule has 0 radical (unpaired) electrons. The molecule has 0 bridgehead atoms. The predicted molar refractivity (Wildman–Crippen MR) is 113 cm³/mol. The summed E-state index contributed by atoms with van der Waals surface area (Å²) in [7, 11) is 1.56. The van der Waals surface area contributed by atoms with Crippen LogP contribution >= 0.6 is 27.5 Å². The molecule has 4 rings (SSSR count). The van der Waals surface area contributed by atoms with Crippen LogP contribution in [0.5, 0.6) is 5.75 Å². The lowest BCUT2D eigenvalue weighted by molar-refractivity contribution is 0.102. The van der Waals surface area contributed by atoms with E-state index in [0.29, 0.717) is 44.6 Å². The van der Waals surface area contributed by atoms with Gasteiger partial charge in [-0.25, -0.2) is 4.98 Å². The van der Waals surface area contributed by atoms with Gasteiger partial charge in [-0.15, -0.1) is 0 Å². The van der Waals surface area contributed by atoms with Gasteiger partial charge in [-0.1, -0.05) is 33.6 Å². The number of nitrogens with one attached hydrogen (secondary N) is 1. The monoisotopic (exact) mass is 456 g/mol. The molecule has 4 aromatic rings. The Labute approximate surface area is 174 Å². The van der Waals surface area contributed by atoms with Gasteiger partial charge in [-0.2, -0.15) is 0 Å². The van der Waals surface area contributed by atoms with Gasteiger partial charge in [0.15, 0.2) is 5.58 Å². The van der Waals surface area contributed by atoms with E-state index in [9.17, 15) is 4.79 Å². The van der Waals surface area contributed by atoms with Crippen LogP contribution in [0.3, 0.4) is 0 Å². The van der Waals surface area contributed by atoms with E-state index in [1.54, 1.807) is 55.6 Å². The number of hydrogen-bond donors (Lipinski definition) is 1. The fourth-order valence-electron chi connectivity index (χ4n) is 2.75. The van der Waals surface area contributed by atoms with E-state index in [1.807, 2.05) is 12.1 Å². The largest absolute Gasteiger partial charge is 0.497 e. The third-order valence-electron chi connectivity index (χ3n) is 4.14. The molecule has 140 valence electrons. The first-order valence-corrected chi connectivity index (χ1v) is 9.52. The zero-order chi connectivity index (χ0) is 19.7. The van der Waals surface area contributed by atoms with Crippen LogP contribution in [0.1, 0.15) is 10.4 Å². The van der Waals surface area contributed by atoms with Gasteiger partial charge in [-0.05, 0) is 54.6 Å². The van der Waals surface area contributed by atoms with E-state index in [2.05, 4.69) is 26.2 Å². The Bertz CT molecular complexity index is 1190. The number of aromatic nitrogens is 1. The topological polar surface area (TPSA) is 64.4 Å². The molecule has 0 aliphatic rings. The molecule has 0 fully saturated rings. The minimum absolute atomic E-state index is 0.239. The number of fused-ring (bicyclic) bond motifs is 1. The molecular weight excluding hydrogens is 444 g/mol. The number of anilines is 1. The Morgan fingerprint density at radius 1 is 1.14 bits per heavy atom. The van der Waals surface area contributed by atoms with Crippen molar-refractivity contribution in [2.75, 3.05) is 12.4 Å². The number of amides is 1. The van der Waals surface area contributed by atoms with Crippen LogP contribution in [0.4, 0.5) is 5.69 Å². The number of halogens is 2. The van der Waals surface area contributed by atoms with E-state index >= 15 is 0 Å². The van der Waals surface area contributed by atoms with Crippen molar-refractivity contribution in [1.82, 2.24) is 4.98 Å². The Balaban J connectivity index is 1.63. The van der Waals surface area contributed by atoms with E-state index in [4.69, 9.17) is 20.8 Å². The molecule has 0 saturated carbocycles. The fraction of sp³-hybridized carbons (Fsp3) is 0.0476. The molecule has 0 aliphatic carbocycles. The second-order valence-electron chi connectivity index (χ2n) is 6.01. The third kappa shape index (κ3) is 3.74. The van der Waals surface area contributed by atoms with Crippen molar-refractivity contribution in [3.8, 4) is 17.2 Å². The lowest BCUT2D eigenvalue weighted by Crippen LogP contribution is -2.11. The minimum atomic E-state index is -0.239. The van der Waals surface area contributed by atoms with Crippen molar-refractivity contribution >= 4 is 50.2 Å². The SMILES string of the molecule is COc1cccc(C(=O)Nc2ccc3oc(-c4cc(Br)ccc4Cl)nc3c2)c1. The highest BCUT2D eigenvalue weighted by Gasteiger charge is 2.14. The molecule has 5 nitrogen and oxygen atoms in total. The lowest BCUT2D eigenvalue weighted by atomic mass is 10.2. The van der Waals surface area contributed by atoms with Crippen LogP contribution in [0.25, 0.3) is 22.6 Å². The van der Waals surface area contributed by atoms with E-state index in [0.717, 1.165) is 4.47 Å². The van der Waals surface area contributed by atoms with E-state index in [1.165, 1.54) is 0 Å². The Hall–Kier alpha value is -2.83. The van der Waals surface area contributed by atoms with Crippen LogP contribution in [0.2, 0.25) is 5.02 Å². The number of carbonyl (C=O) groups is 1. The predicted octanol–water partition coefficient (Wildman–Crippen LogP) is 6.17. The maximum Gasteiger partial charge on any atom is 0.255 e. The van der Waals surface area contributed by atoms with Crippen LogP contribution in [0.15, 0.2) is 69.6 Å². The standard InChI is InChI=1S/C21H14BrClN2O3/c1-27-15-4-2-3-12(9-15)20(26)24-14-6-8-19-18(11-14)25-21(28-19)16-10-13(22)5-7-17(16)23/h2-11H,1H3,(H,24,26). The molecule has 1 amide bonds. The average molecular weight is 458 g/mol. The normalized spacial score (nSPS) is 10.8. The van der Waals surface area contributed by atoms with Crippen LogP contribution in [-0.4, -0.2) is 18.0 Å². The quantitative estimate of drug-likeness (QED) is 0.398. The fourth-order valence-corrected chi connectivity index (χ4v) is 3.31. The second-order valence-corrected chi connectivity index (χ2v) is 7.33. The van der Waals surface area contributed by atoms with E-state index < -0.39 is 0 Å². The van der Waals surface area contributed by atoms with Crippen molar-refractivity contribution < 1.29 is 13.9 Å². The molecule has 7 heteroatoms. The van der Waals surface area contributed by atoms with Crippen molar-refractivity contribution in [3.63, 3.8) is 0 Å². The molecule has 0 unspecified atom stereocenters. The number of rotatable bonds is 4. The molecule has 3 aromatic carbocycles. The average Bonchev–Trinajstić information content (AvgIpc) is 3.13. The molecule has 1 N–H and O–H groups in total. The number of methoxy groups -OCH3 is 1. The molecular formula is C21H14BrClN2O3. The van der Waals surface area contributed by atoms with Gasteiger partial charge in [0.2, 0.25) is 5.89 Å². The van der Waals surface area contributed by atoms with Crippen molar-refractivity contribution in [2.24, 2.45) is 0 Å². The molecule has 0 atom stereocenters. The summed E-state index contributed by atoms with van der Waals surface area (Å²) >= 11 is 9.69. The second kappa shape index (κ2) is 7.66. The van der Waals surface area contributed by atoms with Gasteiger partial charge in [0.25, 0.3) is 5.91 Å². The zero-order valence-electron chi connectivity index (χ0n) is 14.7. The first-order valence-electron chi connectivity index (χ1n) is 8.35. The first-order chi connectivity index (χ1) is 13.5. The third-order valence-corrected chi connectivity index (χ3v) is 4.96. The van der Waals surface area contributed by atoms with Crippen LogP contribution in [-0.2, 0) is 0 Å². The highest BCUT2D eigenvalue weighted by molar-refractivity contribution is 9.10. The number of carbonyl (C=O) groups excluding carboxylic acids is 1. The molecule has 28 heavy (non-hydrogen) atoms. The number of oxazole rings is 1. The smallest absolute Gasteiger partial charge is 0.255 e. The Kier molecular flexibility index (Phi) is 5.07. The Morgan fingerprint density at radius 3 is 2.82 bits per heavy atom. The summed E-state index contributed by atoms with van der Waals surface area (Å²) in [5.74, 6) is 0.796. The van der Waals surface area contributed by atoms with Crippen molar-refractivity contribution in [2.45, 2.75) is 0 Å². The summed E-state index contributed by atoms with van der Waals surface area (Å²) < 4.78 is 11.9. The molecule has 0 spiro atoms. The van der Waals surface area contributed by atoms with Crippen molar-refractivity contribution in [1.29, 1.82) is 0 Å². The van der Waals surface area contributed by atoms with Gasteiger partial charge in [0.05, 0.1) is 17.7 Å². The summed E-state index contributed by atoms with van der Waals surface area (Å²) in [5, 5.41) is 3.40. The molecule has 0 saturated heterocycles. The summed E-state index contributed by atoms with van der Waals surface area (Å²) in [6, 6.07) is 17.7. The van der Waals surface area contributed by atoms with Crippen molar-refractivity contribution in [3.05, 3.63) is 75.7 Å². The van der Waals surface area contributed by atoms with Gasteiger partial charge in [-0.3, -0.25) is 4.79 Å². The minimum Gasteiger partial charge on any atom is -0.497 e. The summed E-state index contributed by atoms with van der Waals surface area (Å²) in [6.45, 7) is 0. The number of nitrogens with zero attached hydrogens (tertiary/aromatic N) is 1. The molecule has 0 aliphatic heterocycles. The summed E-state index contributed by atoms with van der Waals surface area (Å²) in [5.41, 5.74) is 3.02. The number of hydrogen-bond acceptors (Lipinski definition) is 4. The van der Waals surface area contributed by atoms with Crippen LogP contribution in [0, 0.1) is 0 Å². The van der Waals surface area contributed by atoms with Gasteiger partial charge in [0.1, 0.15) is 11.3 Å². The lowest BCUT2D eigenvalue weighted by Gasteiger charge is -2.06. The highest BCUT2D eigenvalue weighted by Crippen LogP contribution is 2.33. The first kappa shape index (κ1) is 18.5. The van der Waals surface area contributed by atoms with Gasteiger partial charge >= 0.3 is 0 Å². The summed E-state index contributed by atoms with van der Waals surface area (Å²) in [4.78, 5) is 17.0. The summed E-state index contributed by atoms with van der Waals surface area (Å²) in [6.07, 6.45) is 0. The number of benzene rings is 3. The van der Waals surface area contributed by atoms with E-state index in [-0.39, 0.29) is 5.91 Å². The van der Waals surface area contributed by atoms with Gasteiger partial charge < -0.3 is 14.5 Å². The van der Waals surface area contributed by atoms with Crippen LogP contribution < -0.4 is 10.1 Å².